The lowest BCUT2D eigenvalue weighted by Gasteiger charge is -2.10. The number of nitrogens with one attached hydrogen (secondary N) is 2. The van der Waals surface area contributed by atoms with E-state index in [0.29, 0.717) is 0 Å². The zero-order valence-corrected chi connectivity index (χ0v) is 15.6. The average molecular weight is 425 g/mol. The van der Waals surface area contributed by atoms with Gasteiger partial charge >= 0.3 is 0 Å². The van der Waals surface area contributed by atoms with Crippen LogP contribution in [0.4, 0.5) is 20.4 Å². The molecule has 0 bridgehead atoms. The molecule has 0 aliphatic rings. The summed E-state index contributed by atoms with van der Waals surface area (Å²) in [6.45, 7) is 0. The predicted molar refractivity (Wildman–Crippen MR) is 98.7 cm³/mol. The predicted octanol–water partition coefficient (Wildman–Crippen LogP) is 2.96. The molecule has 1 aromatic heterocycles. The molecule has 7 nitrogen and oxygen atoms in total. The lowest BCUT2D eigenvalue weighted by molar-refractivity contribution is 0.598. The van der Waals surface area contributed by atoms with Crippen molar-refractivity contribution >= 4 is 31.7 Å². The van der Waals surface area contributed by atoms with Crippen LogP contribution in [0.15, 0.2) is 76.5 Å². The van der Waals surface area contributed by atoms with Gasteiger partial charge in [0, 0.05) is 0 Å². The summed E-state index contributed by atoms with van der Waals surface area (Å²) in [5, 5.41) is 0. The third-order valence-electron chi connectivity index (χ3n) is 3.47. The molecular formula is C17H13F2N3O4S2. The molecule has 0 radical (unpaired) electrons. The van der Waals surface area contributed by atoms with Gasteiger partial charge in [0.15, 0.2) is 0 Å². The third-order valence-corrected chi connectivity index (χ3v) is 6.22. The van der Waals surface area contributed by atoms with Gasteiger partial charge in [0.05, 0.1) is 9.79 Å². The highest BCUT2D eigenvalue weighted by atomic mass is 32.2. The Morgan fingerprint density at radius 2 is 0.964 bits per heavy atom. The van der Waals surface area contributed by atoms with Crippen molar-refractivity contribution in [2.45, 2.75) is 9.79 Å². The van der Waals surface area contributed by atoms with Crippen molar-refractivity contribution in [3.8, 4) is 0 Å². The minimum Gasteiger partial charge on any atom is -0.263 e. The quantitative estimate of drug-likeness (QED) is 0.632. The first-order chi connectivity index (χ1) is 13.2. The van der Waals surface area contributed by atoms with Crippen LogP contribution in [-0.2, 0) is 20.0 Å². The van der Waals surface area contributed by atoms with Crippen molar-refractivity contribution in [1.82, 2.24) is 4.98 Å². The number of rotatable bonds is 6. The Kier molecular flexibility index (Phi) is 5.29. The molecule has 0 saturated carbocycles. The summed E-state index contributed by atoms with van der Waals surface area (Å²) in [5.74, 6) is -1.48. The fourth-order valence-electron chi connectivity index (χ4n) is 2.17. The monoisotopic (exact) mass is 425 g/mol. The van der Waals surface area contributed by atoms with Crippen molar-refractivity contribution in [2.75, 3.05) is 9.44 Å². The number of nitrogens with zero attached hydrogens (tertiary/aromatic N) is 1. The Morgan fingerprint density at radius 3 is 1.32 bits per heavy atom. The van der Waals surface area contributed by atoms with Crippen LogP contribution in [-0.4, -0.2) is 21.8 Å². The van der Waals surface area contributed by atoms with Crippen LogP contribution in [0.3, 0.4) is 0 Å². The van der Waals surface area contributed by atoms with Crippen molar-refractivity contribution in [2.24, 2.45) is 0 Å². The fourth-order valence-corrected chi connectivity index (χ4v) is 4.17. The summed E-state index contributed by atoms with van der Waals surface area (Å²) < 4.78 is 79.5. The Labute approximate surface area is 160 Å². The molecule has 0 aliphatic heterocycles. The van der Waals surface area contributed by atoms with E-state index in [9.17, 15) is 25.6 Å². The average Bonchev–Trinajstić information content (AvgIpc) is 2.62. The van der Waals surface area contributed by atoms with Gasteiger partial charge in [0.2, 0.25) is 0 Å². The molecule has 0 spiro atoms. The van der Waals surface area contributed by atoms with Gasteiger partial charge in [0.1, 0.15) is 23.3 Å². The number of anilines is 2. The first-order valence-corrected chi connectivity index (χ1v) is 10.7. The molecule has 0 atom stereocenters. The Balaban J connectivity index is 1.82. The number of hydrogen-bond donors (Lipinski definition) is 2. The largest absolute Gasteiger partial charge is 0.263 e. The van der Waals surface area contributed by atoms with Crippen molar-refractivity contribution in [3.05, 3.63) is 78.4 Å². The van der Waals surface area contributed by atoms with Crippen LogP contribution in [0.1, 0.15) is 0 Å². The molecule has 2 aromatic carbocycles. The van der Waals surface area contributed by atoms with Crippen LogP contribution < -0.4 is 9.44 Å². The number of halogens is 2. The van der Waals surface area contributed by atoms with Gasteiger partial charge in [0.25, 0.3) is 20.0 Å². The molecular weight excluding hydrogens is 412 g/mol. The van der Waals surface area contributed by atoms with E-state index in [1.54, 1.807) is 0 Å². The zero-order chi connectivity index (χ0) is 20.4. The van der Waals surface area contributed by atoms with Crippen LogP contribution in [0.25, 0.3) is 0 Å². The maximum atomic E-state index is 13.0. The number of hydrogen-bond acceptors (Lipinski definition) is 5. The van der Waals surface area contributed by atoms with Crippen molar-refractivity contribution in [3.63, 3.8) is 0 Å². The van der Waals surface area contributed by atoms with Gasteiger partial charge in [-0.2, -0.15) is 0 Å². The van der Waals surface area contributed by atoms with Gasteiger partial charge in [-0.3, -0.25) is 9.44 Å². The standard InChI is InChI=1S/C17H13F2N3O4S2/c18-12-4-8-14(9-5-12)27(23,24)21-16-2-1-3-17(20-16)22-28(25,26)15-10-6-13(19)7-11-15/h1-11H,(H2,20,21,22). The molecule has 2 N–H and O–H groups in total. The maximum absolute atomic E-state index is 13.0. The smallest absolute Gasteiger partial charge is 0.263 e. The molecule has 0 unspecified atom stereocenters. The SMILES string of the molecule is O=S(=O)(Nc1cccc(NS(=O)(=O)c2ccc(F)cc2)n1)c1ccc(F)cc1. The highest BCUT2D eigenvalue weighted by Crippen LogP contribution is 2.19. The second kappa shape index (κ2) is 7.52. The van der Waals surface area contributed by atoms with E-state index in [1.807, 2.05) is 0 Å². The Bertz CT molecular complexity index is 1110. The normalized spacial score (nSPS) is 11.8. The van der Waals surface area contributed by atoms with E-state index in [4.69, 9.17) is 0 Å². The van der Waals surface area contributed by atoms with Gasteiger partial charge in [-0.1, -0.05) is 6.07 Å². The summed E-state index contributed by atoms with van der Waals surface area (Å²) in [6, 6.07) is 12.3. The lowest BCUT2D eigenvalue weighted by Crippen LogP contribution is -2.16. The second-order valence-electron chi connectivity index (χ2n) is 5.53. The third kappa shape index (κ3) is 4.61. The number of aromatic nitrogens is 1. The van der Waals surface area contributed by atoms with Crippen molar-refractivity contribution < 1.29 is 25.6 Å². The van der Waals surface area contributed by atoms with E-state index < -0.39 is 31.7 Å². The molecule has 3 aromatic rings. The lowest BCUT2D eigenvalue weighted by atomic mass is 10.4. The fraction of sp³-hybridized carbons (Fsp3) is 0. The van der Waals surface area contributed by atoms with Gasteiger partial charge in [-0.05, 0) is 60.7 Å². The van der Waals surface area contributed by atoms with Crippen molar-refractivity contribution in [1.29, 1.82) is 0 Å². The van der Waals surface area contributed by atoms with E-state index >= 15 is 0 Å². The maximum Gasteiger partial charge on any atom is 0.263 e. The summed E-state index contributed by atoms with van der Waals surface area (Å²) in [6.07, 6.45) is 0. The van der Waals surface area contributed by atoms with E-state index in [1.165, 1.54) is 18.2 Å². The Morgan fingerprint density at radius 1 is 0.607 bits per heavy atom. The van der Waals surface area contributed by atoms with E-state index in [2.05, 4.69) is 14.4 Å². The van der Waals surface area contributed by atoms with Crippen LogP contribution in [0, 0.1) is 11.6 Å². The highest BCUT2D eigenvalue weighted by Gasteiger charge is 2.17. The number of benzene rings is 2. The van der Waals surface area contributed by atoms with Gasteiger partial charge in [-0.15, -0.1) is 0 Å². The minimum absolute atomic E-state index is 0.149. The molecule has 28 heavy (non-hydrogen) atoms. The Hall–Kier alpha value is -3.05. The molecule has 0 aliphatic carbocycles. The number of sulfonamides is 2. The zero-order valence-electron chi connectivity index (χ0n) is 14.0. The van der Waals surface area contributed by atoms with E-state index in [0.717, 1.165) is 48.5 Å². The number of pyridine rings is 1. The molecule has 0 fully saturated rings. The molecule has 11 heteroatoms. The molecule has 0 amide bonds. The van der Waals surface area contributed by atoms with Gasteiger partial charge in [-0.25, -0.2) is 30.6 Å². The molecule has 0 saturated heterocycles. The first kappa shape index (κ1) is 19.7. The second-order valence-corrected chi connectivity index (χ2v) is 8.89. The first-order valence-electron chi connectivity index (χ1n) is 7.70. The topological polar surface area (TPSA) is 105 Å². The summed E-state index contributed by atoms with van der Waals surface area (Å²) in [5.41, 5.74) is 0. The molecule has 3 rings (SSSR count). The molecule has 146 valence electrons. The van der Waals surface area contributed by atoms with Crippen LogP contribution in [0.2, 0.25) is 0 Å². The van der Waals surface area contributed by atoms with Crippen LogP contribution in [0.5, 0.6) is 0 Å². The van der Waals surface area contributed by atoms with Crippen LogP contribution >= 0.6 is 0 Å². The highest BCUT2D eigenvalue weighted by molar-refractivity contribution is 7.93. The summed E-state index contributed by atoms with van der Waals surface area (Å²) in [4.78, 5) is 3.53. The summed E-state index contributed by atoms with van der Waals surface area (Å²) >= 11 is 0. The molecule has 1 heterocycles. The van der Waals surface area contributed by atoms with Gasteiger partial charge < -0.3 is 0 Å². The minimum atomic E-state index is -4.05. The summed E-state index contributed by atoms with van der Waals surface area (Å²) in [7, 11) is -8.09. The van der Waals surface area contributed by atoms with E-state index in [-0.39, 0.29) is 21.4 Å².